The monoisotopic (exact) mass is 258 g/mol. The van der Waals surface area contributed by atoms with E-state index >= 15 is 0 Å². The van der Waals surface area contributed by atoms with E-state index in [9.17, 15) is 4.39 Å². The minimum atomic E-state index is -0.231. The lowest BCUT2D eigenvalue weighted by Gasteiger charge is -2.07. The third-order valence-corrected chi connectivity index (χ3v) is 3.24. The van der Waals surface area contributed by atoms with Gasteiger partial charge in [0, 0.05) is 24.1 Å². The summed E-state index contributed by atoms with van der Waals surface area (Å²) in [6, 6.07) is 8.54. The van der Waals surface area contributed by atoms with Gasteiger partial charge in [-0.25, -0.2) is 20.2 Å². The average Bonchev–Trinajstić information content (AvgIpc) is 3.25. The fraction of sp³-hybridized carbons (Fsp3) is 0.286. The fourth-order valence-electron chi connectivity index (χ4n) is 2.07. The lowest BCUT2D eigenvalue weighted by atomic mass is 10.1. The minimum absolute atomic E-state index is 0.231. The van der Waals surface area contributed by atoms with Gasteiger partial charge in [0.25, 0.3) is 0 Å². The van der Waals surface area contributed by atoms with Crippen LogP contribution in [0.5, 0.6) is 0 Å². The van der Waals surface area contributed by atoms with Crippen LogP contribution in [0.15, 0.2) is 30.3 Å². The average molecular weight is 258 g/mol. The summed E-state index contributed by atoms with van der Waals surface area (Å²) in [5.74, 6) is 6.88. The maximum absolute atomic E-state index is 13.6. The molecular weight excluding hydrogens is 243 g/mol. The largest absolute Gasteiger partial charge is 0.308 e. The Labute approximate surface area is 110 Å². The molecule has 0 saturated heterocycles. The van der Waals surface area contributed by atoms with Gasteiger partial charge >= 0.3 is 0 Å². The number of nitrogens with two attached hydrogens (primary N) is 1. The molecule has 0 atom stereocenters. The van der Waals surface area contributed by atoms with Crippen molar-refractivity contribution in [1.82, 2.24) is 9.97 Å². The van der Waals surface area contributed by atoms with Crippen molar-refractivity contribution in [2.45, 2.75) is 25.2 Å². The molecule has 0 spiro atoms. The summed E-state index contributed by atoms with van der Waals surface area (Å²) in [7, 11) is 0. The van der Waals surface area contributed by atoms with Crippen molar-refractivity contribution in [3.8, 4) is 0 Å². The molecule has 3 N–H and O–H groups in total. The van der Waals surface area contributed by atoms with Crippen molar-refractivity contribution < 1.29 is 4.39 Å². The third-order valence-electron chi connectivity index (χ3n) is 3.24. The summed E-state index contributed by atoms with van der Waals surface area (Å²) in [6.45, 7) is 0. The number of halogens is 1. The molecule has 1 saturated carbocycles. The van der Waals surface area contributed by atoms with E-state index in [1.807, 2.05) is 12.1 Å². The number of hydrogen-bond donors (Lipinski definition) is 2. The molecule has 2 aromatic rings. The van der Waals surface area contributed by atoms with Gasteiger partial charge < -0.3 is 5.43 Å². The van der Waals surface area contributed by atoms with Crippen molar-refractivity contribution in [3.63, 3.8) is 0 Å². The highest BCUT2D eigenvalue weighted by Crippen LogP contribution is 2.39. The van der Waals surface area contributed by atoms with Crippen LogP contribution in [0.3, 0.4) is 0 Å². The standard InChI is InChI=1S/C14H15FN4/c15-11-4-2-1-3-10(11)7-13-17-12(9-5-6-9)8-14(18-13)19-16/h1-4,8-9H,5-7,16H2,(H,17,18,19). The molecular formula is C14H15FN4. The van der Waals surface area contributed by atoms with Gasteiger partial charge in [0.15, 0.2) is 0 Å². The molecule has 98 valence electrons. The van der Waals surface area contributed by atoms with Gasteiger partial charge in [-0.3, -0.25) is 0 Å². The zero-order valence-corrected chi connectivity index (χ0v) is 10.4. The first kappa shape index (κ1) is 12.0. The normalized spacial score (nSPS) is 14.4. The molecule has 1 aromatic carbocycles. The van der Waals surface area contributed by atoms with Gasteiger partial charge in [-0.15, -0.1) is 0 Å². The number of anilines is 1. The SMILES string of the molecule is NNc1cc(C2CC2)nc(Cc2ccccc2F)n1. The summed E-state index contributed by atoms with van der Waals surface area (Å²) in [5.41, 5.74) is 4.14. The molecule has 1 fully saturated rings. The lowest BCUT2D eigenvalue weighted by Crippen LogP contribution is -2.12. The fourth-order valence-corrected chi connectivity index (χ4v) is 2.07. The van der Waals surface area contributed by atoms with E-state index in [-0.39, 0.29) is 5.82 Å². The number of hydrazine groups is 1. The Morgan fingerprint density at radius 2 is 2.05 bits per heavy atom. The van der Waals surface area contributed by atoms with Crippen LogP contribution in [0.2, 0.25) is 0 Å². The van der Waals surface area contributed by atoms with Gasteiger partial charge in [-0.1, -0.05) is 18.2 Å². The van der Waals surface area contributed by atoms with Crippen LogP contribution in [0.1, 0.15) is 35.8 Å². The summed E-state index contributed by atoms with van der Waals surface area (Å²) in [6.07, 6.45) is 2.68. The van der Waals surface area contributed by atoms with E-state index < -0.39 is 0 Å². The first-order chi connectivity index (χ1) is 9.26. The zero-order chi connectivity index (χ0) is 13.2. The molecule has 3 rings (SSSR count). The Morgan fingerprint density at radius 3 is 2.74 bits per heavy atom. The van der Waals surface area contributed by atoms with E-state index in [0.29, 0.717) is 29.5 Å². The van der Waals surface area contributed by atoms with Crippen molar-refractivity contribution >= 4 is 5.82 Å². The van der Waals surface area contributed by atoms with Crippen LogP contribution in [0.4, 0.5) is 10.2 Å². The van der Waals surface area contributed by atoms with Gasteiger partial charge in [0.05, 0.1) is 0 Å². The number of rotatable bonds is 4. The zero-order valence-electron chi connectivity index (χ0n) is 10.4. The number of nitrogen functional groups attached to an aromatic ring is 1. The van der Waals surface area contributed by atoms with E-state index in [0.717, 1.165) is 18.5 Å². The van der Waals surface area contributed by atoms with Crippen LogP contribution in [0, 0.1) is 5.82 Å². The smallest absolute Gasteiger partial charge is 0.143 e. The molecule has 1 aliphatic rings. The van der Waals surface area contributed by atoms with Gasteiger partial charge in [-0.2, -0.15) is 0 Å². The Bertz CT molecular complexity index is 596. The van der Waals surface area contributed by atoms with Crippen LogP contribution in [-0.4, -0.2) is 9.97 Å². The molecule has 0 aliphatic heterocycles. The van der Waals surface area contributed by atoms with Gasteiger partial charge in [-0.05, 0) is 24.5 Å². The second kappa shape index (κ2) is 4.93. The topological polar surface area (TPSA) is 63.8 Å². The Kier molecular flexibility index (Phi) is 3.13. The summed E-state index contributed by atoms with van der Waals surface area (Å²) >= 11 is 0. The first-order valence-electron chi connectivity index (χ1n) is 6.34. The lowest BCUT2D eigenvalue weighted by molar-refractivity contribution is 0.612. The number of nitrogens with one attached hydrogen (secondary N) is 1. The van der Waals surface area contributed by atoms with Gasteiger partial charge in [0.1, 0.15) is 17.5 Å². The van der Waals surface area contributed by atoms with Crippen LogP contribution < -0.4 is 11.3 Å². The Morgan fingerprint density at radius 1 is 1.26 bits per heavy atom. The second-order valence-electron chi connectivity index (χ2n) is 4.78. The summed E-state index contributed by atoms with van der Waals surface area (Å²) < 4.78 is 13.6. The highest BCUT2D eigenvalue weighted by molar-refractivity contribution is 5.37. The van der Waals surface area contributed by atoms with Crippen LogP contribution in [-0.2, 0) is 6.42 Å². The van der Waals surface area contributed by atoms with E-state index in [4.69, 9.17) is 5.84 Å². The number of nitrogens with zero attached hydrogens (tertiary/aromatic N) is 2. The van der Waals surface area contributed by atoms with E-state index in [1.54, 1.807) is 12.1 Å². The minimum Gasteiger partial charge on any atom is -0.308 e. The highest BCUT2D eigenvalue weighted by atomic mass is 19.1. The number of aromatic nitrogens is 2. The first-order valence-corrected chi connectivity index (χ1v) is 6.34. The van der Waals surface area contributed by atoms with Crippen molar-refractivity contribution in [3.05, 3.63) is 53.2 Å². The number of hydrogen-bond acceptors (Lipinski definition) is 4. The number of benzene rings is 1. The molecule has 4 nitrogen and oxygen atoms in total. The Hall–Kier alpha value is -2.01. The molecule has 1 aromatic heterocycles. The quantitative estimate of drug-likeness (QED) is 0.652. The van der Waals surface area contributed by atoms with Crippen molar-refractivity contribution in [1.29, 1.82) is 0 Å². The Balaban J connectivity index is 1.91. The predicted molar refractivity (Wildman–Crippen MR) is 71.0 cm³/mol. The summed E-state index contributed by atoms with van der Waals surface area (Å²) in [5, 5.41) is 0. The summed E-state index contributed by atoms with van der Waals surface area (Å²) in [4.78, 5) is 8.79. The molecule has 0 bridgehead atoms. The molecule has 1 heterocycles. The molecule has 0 unspecified atom stereocenters. The van der Waals surface area contributed by atoms with Crippen LogP contribution >= 0.6 is 0 Å². The predicted octanol–water partition coefficient (Wildman–Crippen LogP) is 2.37. The maximum atomic E-state index is 13.6. The molecule has 19 heavy (non-hydrogen) atoms. The van der Waals surface area contributed by atoms with Crippen molar-refractivity contribution in [2.75, 3.05) is 5.43 Å². The third kappa shape index (κ3) is 2.71. The molecule has 0 amide bonds. The highest BCUT2D eigenvalue weighted by Gasteiger charge is 2.26. The second-order valence-corrected chi connectivity index (χ2v) is 4.78. The van der Waals surface area contributed by atoms with E-state index in [1.165, 1.54) is 6.07 Å². The van der Waals surface area contributed by atoms with E-state index in [2.05, 4.69) is 15.4 Å². The molecule has 1 aliphatic carbocycles. The van der Waals surface area contributed by atoms with Gasteiger partial charge in [0.2, 0.25) is 0 Å². The molecule has 5 heteroatoms. The van der Waals surface area contributed by atoms with Crippen molar-refractivity contribution in [2.24, 2.45) is 5.84 Å². The molecule has 0 radical (unpaired) electrons. The van der Waals surface area contributed by atoms with Crippen LogP contribution in [0.25, 0.3) is 0 Å². The maximum Gasteiger partial charge on any atom is 0.143 e.